The van der Waals surface area contributed by atoms with Gasteiger partial charge in [0.1, 0.15) is 11.5 Å². The van der Waals surface area contributed by atoms with Gasteiger partial charge in [-0.25, -0.2) is 4.39 Å². The predicted octanol–water partition coefficient (Wildman–Crippen LogP) is 4.08. The maximum Gasteiger partial charge on any atom is 0.295 e. The molecule has 0 saturated heterocycles. The molecule has 0 amide bonds. The molecule has 4 nitrogen and oxygen atoms in total. The minimum Gasteiger partial charge on any atom is -0.377 e. The van der Waals surface area contributed by atoms with E-state index in [1.807, 2.05) is 0 Å². The van der Waals surface area contributed by atoms with Gasteiger partial charge in [0.2, 0.25) is 0 Å². The van der Waals surface area contributed by atoms with Crippen LogP contribution >= 0.6 is 23.4 Å². The lowest BCUT2D eigenvalue weighted by atomic mass is 10.2. The first-order valence-electron chi connectivity index (χ1n) is 5.94. The van der Waals surface area contributed by atoms with Gasteiger partial charge in [-0.15, -0.1) is 0 Å². The van der Waals surface area contributed by atoms with Crippen LogP contribution in [0.25, 0.3) is 0 Å². The highest BCUT2D eigenvalue weighted by atomic mass is 35.5. The molecule has 1 aliphatic rings. The summed E-state index contributed by atoms with van der Waals surface area (Å²) in [4.78, 5) is 10.3. The molecule has 0 aliphatic heterocycles. The third kappa shape index (κ3) is 3.30. The van der Waals surface area contributed by atoms with Crippen molar-refractivity contribution in [3.05, 3.63) is 33.1 Å². The topological polar surface area (TPSA) is 55.2 Å². The third-order valence-corrected chi connectivity index (χ3v) is 4.70. The Kier molecular flexibility index (Phi) is 4.52. The van der Waals surface area contributed by atoms with E-state index in [0.717, 1.165) is 25.3 Å². The van der Waals surface area contributed by atoms with Gasteiger partial charge in [-0.1, -0.05) is 11.6 Å². The van der Waals surface area contributed by atoms with Gasteiger partial charge < -0.3 is 5.32 Å². The van der Waals surface area contributed by atoms with Crippen LogP contribution in [0, 0.1) is 15.9 Å². The molecule has 1 aromatic rings. The molecule has 1 N–H and O–H groups in total. The molecule has 104 valence electrons. The average Bonchev–Trinajstić information content (AvgIpc) is 2.81. The summed E-state index contributed by atoms with van der Waals surface area (Å²) >= 11 is 7.49. The number of anilines is 1. The van der Waals surface area contributed by atoms with Crippen molar-refractivity contribution >= 4 is 34.7 Å². The lowest BCUT2D eigenvalue weighted by Gasteiger charge is -2.14. The Labute approximate surface area is 119 Å². The van der Waals surface area contributed by atoms with E-state index < -0.39 is 10.7 Å². The SMILES string of the molecule is CSC1CCC(Nc2cc(Cl)c(F)cc2[N+](=O)[O-])C1. The number of thioether (sulfide) groups is 1. The molecule has 7 heteroatoms. The molecule has 1 saturated carbocycles. The van der Waals surface area contributed by atoms with E-state index in [2.05, 4.69) is 11.6 Å². The van der Waals surface area contributed by atoms with Crippen LogP contribution in [0.15, 0.2) is 12.1 Å². The number of nitro groups is 1. The Bertz CT molecular complexity index is 501. The van der Waals surface area contributed by atoms with Crippen molar-refractivity contribution < 1.29 is 9.31 Å². The summed E-state index contributed by atoms with van der Waals surface area (Å²) in [6, 6.07) is 2.34. The van der Waals surface area contributed by atoms with E-state index in [-0.39, 0.29) is 16.8 Å². The number of halogens is 2. The molecular weight excluding hydrogens is 291 g/mol. The molecule has 19 heavy (non-hydrogen) atoms. The highest BCUT2D eigenvalue weighted by Crippen LogP contribution is 2.35. The van der Waals surface area contributed by atoms with Crippen LogP contribution in [0.5, 0.6) is 0 Å². The van der Waals surface area contributed by atoms with E-state index in [1.54, 1.807) is 11.8 Å². The van der Waals surface area contributed by atoms with Gasteiger partial charge in [-0.2, -0.15) is 11.8 Å². The average molecular weight is 305 g/mol. The third-order valence-electron chi connectivity index (χ3n) is 3.31. The second-order valence-electron chi connectivity index (χ2n) is 4.55. The maximum atomic E-state index is 13.3. The number of nitrogens with zero attached hydrogens (tertiary/aromatic N) is 1. The van der Waals surface area contributed by atoms with Crippen molar-refractivity contribution in [2.45, 2.75) is 30.6 Å². The summed E-state index contributed by atoms with van der Waals surface area (Å²) in [6.07, 6.45) is 5.05. The van der Waals surface area contributed by atoms with E-state index in [4.69, 9.17) is 11.6 Å². The number of rotatable bonds is 4. The summed E-state index contributed by atoms with van der Waals surface area (Å²) in [5.74, 6) is -0.771. The summed E-state index contributed by atoms with van der Waals surface area (Å²) in [5, 5.41) is 14.5. The second kappa shape index (κ2) is 5.96. The van der Waals surface area contributed by atoms with Gasteiger partial charge in [0.25, 0.3) is 5.69 Å². The Hall–Kier alpha value is -1.01. The van der Waals surface area contributed by atoms with Crippen molar-refractivity contribution in [2.24, 2.45) is 0 Å². The molecular formula is C12H14ClFN2O2S. The Morgan fingerprint density at radius 1 is 1.53 bits per heavy atom. The lowest BCUT2D eigenvalue weighted by molar-refractivity contribution is -0.384. The number of nitrogens with one attached hydrogen (secondary N) is 1. The zero-order valence-corrected chi connectivity index (χ0v) is 11.9. The first-order valence-corrected chi connectivity index (χ1v) is 7.60. The standard InChI is InChI=1S/C12H14ClFN2O2S/c1-19-8-3-2-7(4-8)15-11-5-9(13)10(14)6-12(11)16(17)18/h5-8,15H,2-4H2,1H3. The highest BCUT2D eigenvalue weighted by molar-refractivity contribution is 7.99. The highest BCUT2D eigenvalue weighted by Gasteiger charge is 2.26. The smallest absolute Gasteiger partial charge is 0.295 e. The van der Waals surface area contributed by atoms with Crippen molar-refractivity contribution in [3.63, 3.8) is 0 Å². The monoisotopic (exact) mass is 304 g/mol. The number of benzene rings is 1. The van der Waals surface area contributed by atoms with Crippen LogP contribution < -0.4 is 5.32 Å². The van der Waals surface area contributed by atoms with Crippen molar-refractivity contribution in [2.75, 3.05) is 11.6 Å². The molecule has 1 aromatic carbocycles. The molecule has 0 heterocycles. The van der Waals surface area contributed by atoms with Crippen LogP contribution in [0.1, 0.15) is 19.3 Å². The van der Waals surface area contributed by atoms with Crippen molar-refractivity contribution in [1.82, 2.24) is 0 Å². The first kappa shape index (κ1) is 14.4. The molecule has 2 unspecified atom stereocenters. The Morgan fingerprint density at radius 2 is 2.26 bits per heavy atom. The van der Waals surface area contributed by atoms with Crippen molar-refractivity contribution in [3.8, 4) is 0 Å². The van der Waals surface area contributed by atoms with Gasteiger partial charge in [0.15, 0.2) is 0 Å². The lowest BCUT2D eigenvalue weighted by Crippen LogP contribution is -2.17. The van der Waals surface area contributed by atoms with E-state index in [9.17, 15) is 14.5 Å². The number of nitro benzene ring substituents is 1. The second-order valence-corrected chi connectivity index (χ2v) is 6.10. The van der Waals surface area contributed by atoms with E-state index in [1.165, 1.54) is 6.07 Å². The Balaban J connectivity index is 2.20. The fraction of sp³-hybridized carbons (Fsp3) is 0.500. The van der Waals surface area contributed by atoms with Crippen LogP contribution in [-0.4, -0.2) is 22.5 Å². The summed E-state index contributed by atoms with van der Waals surface area (Å²) in [6.45, 7) is 0. The fourth-order valence-electron chi connectivity index (χ4n) is 2.31. The van der Waals surface area contributed by atoms with Gasteiger partial charge in [-0.3, -0.25) is 10.1 Å². The molecule has 2 rings (SSSR count). The number of hydrogen-bond acceptors (Lipinski definition) is 4. The van der Waals surface area contributed by atoms with Crippen LogP contribution in [0.3, 0.4) is 0 Å². The van der Waals surface area contributed by atoms with Gasteiger partial charge in [-0.05, 0) is 31.6 Å². The minimum atomic E-state index is -0.771. The van der Waals surface area contributed by atoms with Crippen LogP contribution in [0.4, 0.5) is 15.8 Å². The molecule has 0 bridgehead atoms. The molecule has 2 atom stereocenters. The largest absolute Gasteiger partial charge is 0.377 e. The number of hydrogen-bond donors (Lipinski definition) is 1. The zero-order chi connectivity index (χ0) is 14.0. The van der Waals surface area contributed by atoms with Gasteiger partial charge >= 0.3 is 0 Å². The normalized spacial score (nSPS) is 22.5. The summed E-state index contributed by atoms with van der Waals surface area (Å²) in [7, 11) is 0. The minimum absolute atomic E-state index is 0.104. The fourth-order valence-corrected chi connectivity index (χ4v) is 3.27. The molecule has 0 spiro atoms. The van der Waals surface area contributed by atoms with E-state index in [0.29, 0.717) is 10.9 Å². The predicted molar refractivity (Wildman–Crippen MR) is 76.6 cm³/mol. The molecule has 1 aliphatic carbocycles. The zero-order valence-electron chi connectivity index (χ0n) is 10.4. The van der Waals surface area contributed by atoms with Gasteiger partial charge in [0, 0.05) is 11.3 Å². The quantitative estimate of drug-likeness (QED) is 0.672. The van der Waals surface area contributed by atoms with Crippen LogP contribution in [0.2, 0.25) is 5.02 Å². The summed E-state index contributed by atoms with van der Waals surface area (Å²) in [5.41, 5.74) is 0.0256. The van der Waals surface area contributed by atoms with Crippen LogP contribution in [-0.2, 0) is 0 Å². The van der Waals surface area contributed by atoms with E-state index >= 15 is 0 Å². The first-order chi connectivity index (χ1) is 9.01. The Morgan fingerprint density at radius 3 is 2.84 bits per heavy atom. The maximum absolute atomic E-state index is 13.3. The summed E-state index contributed by atoms with van der Waals surface area (Å²) < 4.78 is 13.3. The molecule has 1 fully saturated rings. The molecule has 0 radical (unpaired) electrons. The van der Waals surface area contributed by atoms with Crippen molar-refractivity contribution in [1.29, 1.82) is 0 Å². The molecule has 0 aromatic heterocycles. The van der Waals surface area contributed by atoms with Gasteiger partial charge in [0.05, 0.1) is 16.0 Å².